The monoisotopic (exact) mass is 364 g/mol. The van der Waals surface area contributed by atoms with Crippen molar-refractivity contribution in [2.45, 2.75) is 57.3 Å². The second kappa shape index (κ2) is 9.29. The highest BCUT2D eigenvalue weighted by Gasteiger charge is 2.19. The van der Waals surface area contributed by atoms with E-state index in [9.17, 15) is 9.59 Å². The fraction of sp³-hybridized carbons (Fsp3) is 0.722. The Morgan fingerprint density at radius 2 is 1.88 bits per heavy atom. The Hall–Kier alpha value is -1.47. The number of hydrogen-bond acceptors (Lipinski definition) is 5. The van der Waals surface area contributed by atoms with E-state index >= 15 is 0 Å². The molecule has 138 valence electrons. The second-order valence-electron chi connectivity index (χ2n) is 7.13. The molecule has 2 aliphatic rings. The molecule has 1 aromatic rings. The van der Waals surface area contributed by atoms with Gasteiger partial charge in [0.15, 0.2) is 5.13 Å². The third kappa shape index (κ3) is 5.78. The maximum Gasteiger partial charge on any atom is 0.245 e. The Bertz CT molecular complexity index is 577. The summed E-state index contributed by atoms with van der Waals surface area (Å²) in [4.78, 5) is 29.5. The molecule has 0 radical (unpaired) electrons. The molecule has 1 aliphatic carbocycles. The number of carbonyl (C=O) groups excluding carboxylic acids is 2. The number of anilines is 1. The maximum atomic E-state index is 12.0. The first-order valence-electron chi connectivity index (χ1n) is 9.43. The number of carbonyl (C=O) groups is 2. The first kappa shape index (κ1) is 18.3. The molecule has 25 heavy (non-hydrogen) atoms. The molecule has 0 atom stereocenters. The molecule has 2 fully saturated rings. The highest BCUT2D eigenvalue weighted by atomic mass is 32.1. The molecule has 1 saturated carbocycles. The van der Waals surface area contributed by atoms with E-state index < -0.39 is 0 Å². The summed E-state index contributed by atoms with van der Waals surface area (Å²) in [6.07, 6.45) is 10.7. The van der Waals surface area contributed by atoms with Crippen LogP contribution < -0.4 is 16.0 Å². The Morgan fingerprint density at radius 3 is 2.64 bits per heavy atom. The van der Waals surface area contributed by atoms with Crippen molar-refractivity contribution in [2.75, 3.05) is 25.0 Å². The summed E-state index contributed by atoms with van der Waals surface area (Å²) in [6, 6.07) is 0. The normalized spacial score (nSPS) is 19.5. The maximum absolute atomic E-state index is 12.0. The zero-order valence-electron chi connectivity index (χ0n) is 14.7. The minimum atomic E-state index is -0.205. The van der Waals surface area contributed by atoms with Crippen LogP contribution in [-0.2, 0) is 9.59 Å². The number of piperidine rings is 1. The van der Waals surface area contributed by atoms with Crippen LogP contribution in [0.4, 0.5) is 5.13 Å². The lowest BCUT2D eigenvalue weighted by atomic mass is 9.87. The van der Waals surface area contributed by atoms with Crippen molar-refractivity contribution < 1.29 is 9.59 Å². The molecule has 6 nitrogen and oxygen atoms in total. The summed E-state index contributed by atoms with van der Waals surface area (Å²) >= 11 is 1.55. The van der Waals surface area contributed by atoms with E-state index in [4.69, 9.17) is 0 Å². The number of nitrogens with zero attached hydrogens (tertiary/aromatic N) is 1. The topological polar surface area (TPSA) is 83.1 Å². The van der Waals surface area contributed by atoms with E-state index in [1.165, 1.54) is 24.1 Å². The standard InChI is InChI=1S/C18H28N4O2S/c23-16(10-13-4-2-1-3-5-13)20-12-17(24)22-18-21-11-15(25-18)14-6-8-19-9-7-14/h11,13-14,19H,1-10,12H2,(H,20,23)(H,21,22,24). The quantitative estimate of drug-likeness (QED) is 0.725. The number of nitrogens with one attached hydrogen (secondary N) is 3. The molecule has 0 spiro atoms. The second-order valence-corrected chi connectivity index (χ2v) is 8.19. The van der Waals surface area contributed by atoms with E-state index in [-0.39, 0.29) is 18.4 Å². The third-order valence-electron chi connectivity index (χ3n) is 5.16. The molecule has 3 N–H and O–H groups in total. The van der Waals surface area contributed by atoms with Gasteiger partial charge in [0, 0.05) is 17.5 Å². The largest absolute Gasteiger partial charge is 0.347 e. The molecule has 1 saturated heterocycles. The van der Waals surface area contributed by atoms with Crippen LogP contribution in [0.15, 0.2) is 6.20 Å². The molecule has 0 aromatic carbocycles. The smallest absolute Gasteiger partial charge is 0.245 e. The van der Waals surface area contributed by atoms with Crippen molar-refractivity contribution in [1.29, 1.82) is 0 Å². The predicted molar refractivity (Wildman–Crippen MR) is 99.8 cm³/mol. The molecule has 7 heteroatoms. The van der Waals surface area contributed by atoms with E-state index in [0.717, 1.165) is 38.8 Å². The van der Waals surface area contributed by atoms with Crippen molar-refractivity contribution in [3.8, 4) is 0 Å². The molecular weight excluding hydrogens is 336 g/mol. The minimum absolute atomic E-state index is 0.0171. The van der Waals surface area contributed by atoms with Gasteiger partial charge in [-0.2, -0.15) is 0 Å². The summed E-state index contributed by atoms with van der Waals surface area (Å²) in [5.41, 5.74) is 0. The van der Waals surface area contributed by atoms with E-state index in [2.05, 4.69) is 20.9 Å². The van der Waals surface area contributed by atoms with Gasteiger partial charge in [0.25, 0.3) is 0 Å². The molecule has 3 rings (SSSR count). The lowest BCUT2D eigenvalue weighted by Crippen LogP contribution is -2.34. The van der Waals surface area contributed by atoms with Gasteiger partial charge in [-0.1, -0.05) is 19.3 Å². The number of rotatable bonds is 6. The van der Waals surface area contributed by atoms with Crippen LogP contribution in [0.25, 0.3) is 0 Å². The van der Waals surface area contributed by atoms with Crippen molar-refractivity contribution in [2.24, 2.45) is 5.92 Å². The summed E-state index contributed by atoms with van der Waals surface area (Å²) < 4.78 is 0. The van der Waals surface area contributed by atoms with E-state index in [0.29, 0.717) is 23.4 Å². The molecular formula is C18H28N4O2S. The number of thiazole rings is 1. The summed E-state index contributed by atoms with van der Waals surface area (Å²) in [7, 11) is 0. The van der Waals surface area contributed by atoms with Crippen LogP contribution in [0.2, 0.25) is 0 Å². The van der Waals surface area contributed by atoms with Crippen LogP contribution in [0.5, 0.6) is 0 Å². The number of amides is 2. The van der Waals surface area contributed by atoms with Crippen molar-refractivity contribution >= 4 is 28.3 Å². The fourth-order valence-electron chi connectivity index (χ4n) is 3.71. The van der Waals surface area contributed by atoms with Gasteiger partial charge in [-0.3, -0.25) is 9.59 Å². The molecule has 1 aromatic heterocycles. The Kier molecular flexibility index (Phi) is 6.81. The van der Waals surface area contributed by atoms with Gasteiger partial charge >= 0.3 is 0 Å². The highest BCUT2D eigenvalue weighted by Crippen LogP contribution is 2.31. The molecule has 2 heterocycles. The first-order chi connectivity index (χ1) is 12.2. The van der Waals surface area contributed by atoms with Gasteiger partial charge in [0.1, 0.15) is 0 Å². The SMILES string of the molecule is O=C(CC1CCCCC1)NCC(=O)Nc1ncc(C2CCNCC2)s1. The van der Waals surface area contributed by atoms with Crippen molar-refractivity contribution in [1.82, 2.24) is 15.6 Å². The fourth-order valence-corrected chi connectivity index (χ4v) is 4.71. The van der Waals surface area contributed by atoms with Gasteiger partial charge in [-0.25, -0.2) is 4.98 Å². The predicted octanol–water partition coefficient (Wildman–Crippen LogP) is 2.64. The van der Waals surface area contributed by atoms with E-state index in [1.54, 1.807) is 11.3 Å². The molecule has 0 bridgehead atoms. The minimum Gasteiger partial charge on any atom is -0.347 e. The highest BCUT2D eigenvalue weighted by molar-refractivity contribution is 7.15. The van der Waals surface area contributed by atoms with Crippen LogP contribution in [0.3, 0.4) is 0 Å². The van der Waals surface area contributed by atoms with Crippen LogP contribution in [0.1, 0.15) is 62.2 Å². The van der Waals surface area contributed by atoms with Gasteiger partial charge in [-0.15, -0.1) is 11.3 Å². The zero-order valence-corrected chi connectivity index (χ0v) is 15.5. The average Bonchev–Trinajstić information content (AvgIpc) is 3.10. The molecule has 0 unspecified atom stereocenters. The Balaban J connectivity index is 1.38. The van der Waals surface area contributed by atoms with Crippen molar-refractivity contribution in [3.05, 3.63) is 11.1 Å². The van der Waals surface area contributed by atoms with Crippen LogP contribution in [-0.4, -0.2) is 36.4 Å². The molecule has 2 amide bonds. The summed E-state index contributed by atoms with van der Waals surface area (Å²) in [5, 5.41) is 9.52. The van der Waals surface area contributed by atoms with Crippen LogP contribution >= 0.6 is 11.3 Å². The van der Waals surface area contributed by atoms with Gasteiger partial charge in [0.2, 0.25) is 11.8 Å². The van der Waals surface area contributed by atoms with E-state index in [1.807, 2.05) is 6.20 Å². The molecule has 1 aliphatic heterocycles. The third-order valence-corrected chi connectivity index (χ3v) is 6.23. The number of hydrogen-bond donors (Lipinski definition) is 3. The van der Waals surface area contributed by atoms with Gasteiger partial charge in [0.05, 0.1) is 6.54 Å². The lowest BCUT2D eigenvalue weighted by molar-refractivity contribution is -0.125. The first-order valence-corrected chi connectivity index (χ1v) is 10.3. The lowest BCUT2D eigenvalue weighted by Gasteiger charge is -2.20. The zero-order chi connectivity index (χ0) is 17.5. The Labute approximate surface area is 153 Å². The van der Waals surface area contributed by atoms with Crippen LogP contribution in [0, 0.1) is 5.92 Å². The van der Waals surface area contributed by atoms with Gasteiger partial charge < -0.3 is 16.0 Å². The Morgan fingerprint density at radius 1 is 1.12 bits per heavy atom. The van der Waals surface area contributed by atoms with Crippen molar-refractivity contribution in [3.63, 3.8) is 0 Å². The van der Waals surface area contributed by atoms with Gasteiger partial charge in [-0.05, 0) is 50.6 Å². The summed E-state index contributed by atoms with van der Waals surface area (Å²) in [6.45, 7) is 2.10. The number of aromatic nitrogens is 1. The average molecular weight is 365 g/mol. The summed E-state index contributed by atoms with van der Waals surface area (Å²) in [5.74, 6) is 0.808.